The first-order chi connectivity index (χ1) is 20.7. The highest BCUT2D eigenvalue weighted by Crippen LogP contribution is 2.56. The monoisotopic (exact) mass is 540 g/mol. The average Bonchev–Trinajstić information content (AvgIpc) is 3.36. The minimum absolute atomic E-state index is 0.118. The van der Waals surface area contributed by atoms with Crippen LogP contribution in [0.2, 0.25) is 0 Å². The van der Waals surface area contributed by atoms with Gasteiger partial charge in [-0.1, -0.05) is 73.3 Å². The molecule has 1 fully saturated rings. The van der Waals surface area contributed by atoms with E-state index in [2.05, 4.69) is 124 Å². The number of hydrogen-bond acceptors (Lipinski definition) is 6. The van der Waals surface area contributed by atoms with E-state index in [9.17, 15) is 0 Å². The van der Waals surface area contributed by atoms with Crippen LogP contribution in [0.4, 0.5) is 28.4 Å². The molecule has 0 spiro atoms. The van der Waals surface area contributed by atoms with E-state index in [0.717, 1.165) is 44.8 Å². The van der Waals surface area contributed by atoms with Gasteiger partial charge in [0.1, 0.15) is 5.75 Å². The van der Waals surface area contributed by atoms with Gasteiger partial charge in [-0.25, -0.2) is 0 Å². The smallest absolute Gasteiger partial charge is 0.517 e. The molecule has 0 unspecified atom stereocenters. The van der Waals surface area contributed by atoms with Gasteiger partial charge in [0.25, 0.3) is 0 Å². The molecule has 5 aliphatic rings. The second-order valence-electron chi connectivity index (χ2n) is 11.3. The minimum Gasteiger partial charge on any atom is -0.517 e. The van der Waals surface area contributed by atoms with Crippen LogP contribution in [0.5, 0.6) is 5.75 Å². The summed E-state index contributed by atoms with van der Waals surface area (Å²) < 4.78 is 16.1. The van der Waals surface area contributed by atoms with Crippen molar-refractivity contribution in [2.24, 2.45) is 0 Å². The number of nitrogens with zero attached hydrogens (tertiary/aromatic N) is 4. The third kappa shape index (κ3) is 2.59. The molecule has 0 aliphatic carbocycles. The molecule has 0 radical (unpaired) electrons. The van der Waals surface area contributed by atoms with Crippen LogP contribution in [0.15, 0.2) is 133 Å². The Kier molecular flexibility index (Phi) is 4.23. The largest absolute Gasteiger partial charge is 0.656 e. The molecule has 0 amide bonds. The average molecular weight is 540 g/mol. The fourth-order valence-corrected chi connectivity index (χ4v) is 7.79. The lowest BCUT2D eigenvalue weighted by Crippen LogP contribution is -2.72. The molecular weight excluding hydrogens is 517 g/mol. The van der Waals surface area contributed by atoms with Gasteiger partial charge in [-0.3, -0.25) is 0 Å². The van der Waals surface area contributed by atoms with E-state index >= 15 is 0 Å². The molecular formula is C33H23B3N4O2. The van der Waals surface area contributed by atoms with Crippen molar-refractivity contribution in [1.29, 1.82) is 0 Å². The molecule has 0 bridgehead atoms. The van der Waals surface area contributed by atoms with E-state index in [1.54, 1.807) is 0 Å². The van der Waals surface area contributed by atoms with Crippen LogP contribution in [0.25, 0.3) is 21.5 Å². The number of hydrogen-bond donors (Lipinski definition) is 0. The maximum Gasteiger partial charge on any atom is 0.656 e. The van der Waals surface area contributed by atoms with Gasteiger partial charge in [0.15, 0.2) is 0 Å². The van der Waals surface area contributed by atoms with Crippen LogP contribution in [0.3, 0.4) is 0 Å². The van der Waals surface area contributed by atoms with Gasteiger partial charge in [0, 0.05) is 50.4 Å². The molecule has 5 aromatic carbocycles. The predicted octanol–water partition coefficient (Wildman–Crippen LogP) is 7.06. The molecule has 0 N–H and O–H groups in total. The number of rotatable bonds is 1. The van der Waals surface area contributed by atoms with Crippen molar-refractivity contribution in [2.75, 3.05) is 19.2 Å². The Morgan fingerprint density at radius 1 is 0.667 bits per heavy atom. The van der Waals surface area contributed by atoms with E-state index in [1.165, 1.54) is 27.8 Å². The van der Waals surface area contributed by atoms with E-state index in [1.807, 2.05) is 18.2 Å². The van der Waals surface area contributed by atoms with Gasteiger partial charge in [-0.15, -0.1) is 0 Å². The highest BCUT2D eigenvalue weighted by atomic mass is 16.6. The number of para-hydroxylation sites is 2. The van der Waals surface area contributed by atoms with Crippen LogP contribution in [-0.2, 0) is 4.57 Å². The van der Waals surface area contributed by atoms with Crippen LogP contribution in [0.1, 0.15) is 6.92 Å². The molecule has 5 heterocycles. The Labute approximate surface area is 244 Å². The van der Waals surface area contributed by atoms with Gasteiger partial charge < -0.3 is 28.4 Å². The van der Waals surface area contributed by atoms with Gasteiger partial charge in [0.05, 0.1) is 5.69 Å². The fraction of sp³-hybridized carbons (Fsp3) is 0.0303. The molecule has 0 atom stereocenters. The topological polar surface area (TPSA) is 31.4 Å². The lowest BCUT2D eigenvalue weighted by atomic mass is 9.53. The van der Waals surface area contributed by atoms with Crippen molar-refractivity contribution in [2.45, 2.75) is 6.92 Å². The Morgan fingerprint density at radius 2 is 1.29 bits per heavy atom. The minimum atomic E-state index is -0.634. The predicted molar refractivity (Wildman–Crippen MR) is 174 cm³/mol. The number of benzene rings is 5. The highest BCUT2D eigenvalue weighted by molar-refractivity contribution is 6.95. The summed E-state index contributed by atoms with van der Waals surface area (Å²) in [6, 6.07) is 34.5. The number of fused-ring (bicyclic) bond motifs is 9. The second kappa shape index (κ2) is 7.84. The molecule has 5 aliphatic heterocycles. The first-order valence-corrected chi connectivity index (χ1v) is 14.4. The zero-order valence-electron chi connectivity index (χ0n) is 22.9. The number of allylic oxidation sites excluding steroid dienone is 4. The lowest BCUT2D eigenvalue weighted by molar-refractivity contribution is 0.419. The zero-order chi connectivity index (χ0) is 27.7. The van der Waals surface area contributed by atoms with Crippen molar-refractivity contribution < 1.29 is 9.23 Å². The maximum absolute atomic E-state index is 7.07. The Hall–Kier alpha value is -5.01. The SMILES string of the molecule is C=C/C=C1\C2=C(C)N3B4N(B2OB2Oc5cccc6cccc(c56)N21)c1ccccc1N4c1cccc2cccc3c12. The molecule has 0 aromatic heterocycles. The summed E-state index contributed by atoms with van der Waals surface area (Å²) in [7, 11) is -1.13. The van der Waals surface area contributed by atoms with Gasteiger partial charge in [-0.05, 0) is 60.2 Å². The summed E-state index contributed by atoms with van der Waals surface area (Å²) in [6.45, 7) is 6.36. The standard InChI is InChI=1S/C33H23B3N4O2/c1-3-10-29-33-21(2)37-26-17-6-11-22-12-7-18-27(31(22)26)38-24-15-4-5-16-25(24)40(35(37)38)34(33)42-36-39(29)28-19-8-13-23-14-9-20-30(41-36)32(23)28/h3-20H,1H2,2H3/b29-10+. The third-order valence-corrected chi connectivity index (χ3v) is 9.36. The molecule has 9 heteroatoms. The van der Waals surface area contributed by atoms with Crippen molar-refractivity contribution in [3.8, 4) is 5.75 Å². The first kappa shape index (κ1) is 22.7. The Bertz CT molecular complexity index is 2100. The maximum atomic E-state index is 7.07. The van der Waals surface area contributed by atoms with Gasteiger partial charge in [0.2, 0.25) is 0 Å². The molecule has 196 valence electrons. The lowest BCUT2D eigenvalue weighted by Gasteiger charge is -2.53. The fourth-order valence-electron chi connectivity index (χ4n) is 7.79. The number of anilines is 5. The molecule has 0 saturated carbocycles. The van der Waals surface area contributed by atoms with Crippen LogP contribution >= 0.6 is 0 Å². The Morgan fingerprint density at radius 3 is 2.02 bits per heavy atom. The summed E-state index contributed by atoms with van der Waals surface area (Å²) in [6.07, 6.45) is 3.98. The third-order valence-electron chi connectivity index (χ3n) is 9.36. The normalized spacial score (nSPS) is 18.4. The highest BCUT2D eigenvalue weighted by Gasteiger charge is 2.63. The van der Waals surface area contributed by atoms with Crippen LogP contribution in [-0.4, -0.2) is 21.4 Å². The summed E-state index contributed by atoms with van der Waals surface area (Å²) in [5.74, 6) is 0.839. The Balaban J connectivity index is 1.28. The first-order valence-electron chi connectivity index (χ1n) is 14.4. The summed E-state index contributed by atoms with van der Waals surface area (Å²) in [5.41, 5.74) is 9.08. The van der Waals surface area contributed by atoms with Crippen LogP contribution in [0, 0.1) is 0 Å². The van der Waals surface area contributed by atoms with Gasteiger partial charge in [-0.2, -0.15) is 0 Å². The zero-order valence-corrected chi connectivity index (χ0v) is 22.9. The van der Waals surface area contributed by atoms with E-state index in [4.69, 9.17) is 9.23 Å². The molecule has 42 heavy (non-hydrogen) atoms. The van der Waals surface area contributed by atoms with E-state index in [0.29, 0.717) is 0 Å². The van der Waals surface area contributed by atoms with Crippen molar-refractivity contribution in [1.82, 2.24) is 0 Å². The molecule has 5 aromatic rings. The summed E-state index contributed by atoms with van der Waals surface area (Å²) >= 11 is 0. The summed E-state index contributed by atoms with van der Waals surface area (Å²) in [4.78, 5) is 7.15. The van der Waals surface area contributed by atoms with E-state index < -0.39 is 7.25 Å². The molecule has 1 saturated heterocycles. The van der Waals surface area contributed by atoms with Crippen molar-refractivity contribution in [3.05, 3.63) is 133 Å². The van der Waals surface area contributed by atoms with Crippen molar-refractivity contribution in [3.63, 3.8) is 0 Å². The second-order valence-corrected chi connectivity index (χ2v) is 11.3. The van der Waals surface area contributed by atoms with Crippen molar-refractivity contribution >= 4 is 71.4 Å². The molecule has 10 rings (SSSR count). The summed E-state index contributed by atoms with van der Waals surface area (Å²) in [5, 5.41) is 4.72. The van der Waals surface area contributed by atoms with Gasteiger partial charge >= 0.3 is 21.4 Å². The quantitative estimate of drug-likeness (QED) is 0.212. The van der Waals surface area contributed by atoms with E-state index in [-0.39, 0.29) is 14.2 Å². The molecule has 6 nitrogen and oxygen atoms in total. The van der Waals surface area contributed by atoms with Crippen LogP contribution < -0.4 is 23.8 Å².